The number of aryl methyl sites for hydroxylation is 1. The molecule has 1 aromatic carbocycles. The number of hydrogen-bond acceptors (Lipinski definition) is 2. The second kappa shape index (κ2) is 4.69. The Morgan fingerprint density at radius 3 is 2.82 bits per heavy atom. The fourth-order valence-electron chi connectivity index (χ4n) is 2.68. The number of benzene rings is 1. The molecule has 1 unspecified atom stereocenters. The minimum atomic E-state index is 0.384. The fourth-order valence-corrected chi connectivity index (χ4v) is 2.68. The van der Waals surface area contributed by atoms with Crippen molar-refractivity contribution in [2.45, 2.75) is 27.2 Å². The Morgan fingerprint density at radius 2 is 2.18 bits per heavy atom. The molecule has 0 bridgehead atoms. The van der Waals surface area contributed by atoms with Gasteiger partial charge in [-0.05, 0) is 48.9 Å². The zero-order chi connectivity index (χ0) is 12.5. The molecule has 0 radical (unpaired) electrons. The van der Waals surface area contributed by atoms with E-state index in [0.29, 0.717) is 11.3 Å². The Labute approximate surface area is 105 Å². The topological polar surface area (TPSA) is 29.3 Å². The maximum Gasteiger partial charge on any atom is 0.0368 e. The highest BCUT2D eigenvalue weighted by Crippen LogP contribution is 2.36. The molecule has 1 saturated heterocycles. The van der Waals surface area contributed by atoms with Gasteiger partial charge in [0.2, 0.25) is 0 Å². The van der Waals surface area contributed by atoms with E-state index < -0.39 is 0 Å². The highest BCUT2D eigenvalue weighted by atomic mass is 15.1. The summed E-state index contributed by atoms with van der Waals surface area (Å²) in [5.41, 5.74) is 8.98. The maximum atomic E-state index is 5.92. The van der Waals surface area contributed by atoms with Crippen LogP contribution in [0.3, 0.4) is 0 Å². The quantitative estimate of drug-likeness (QED) is 0.849. The molecule has 0 aromatic heterocycles. The zero-order valence-corrected chi connectivity index (χ0v) is 11.2. The monoisotopic (exact) mass is 232 g/mol. The van der Waals surface area contributed by atoms with Gasteiger partial charge in [0.05, 0.1) is 0 Å². The van der Waals surface area contributed by atoms with Gasteiger partial charge in [0.1, 0.15) is 0 Å². The molecule has 0 amide bonds. The summed E-state index contributed by atoms with van der Waals surface area (Å²) < 4.78 is 0. The SMILES string of the molecule is Cc1cccc(N2CCC(C)(C)C(CN)C2)c1. The third-order valence-corrected chi connectivity index (χ3v) is 4.22. The van der Waals surface area contributed by atoms with Crippen molar-refractivity contribution in [3.05, 3.63) is 29.8 Å². The molecule has 1 fully saturated rings. The molecule has 1 aliphatic heterocycles. The van der Waals surface area contributed by atoms with Crippen LogP contribution >= 0.6 is 0 Å². The van der Waals surface area contributed by atoms with Crippen LogP contribution in [0.4, 0.5) is 5.69 Å². The molecule has 1 aromatic rings. The number of piperidine rings is 1. The van der Waals surface area contributed by atoms with Gasteiger partial charge in [-0.25, -0.2) is 0 Å². The van der Waals surface area contributed by atoms with Crippen LogP contribution in [0.1, 0.15) is 25.8 Å². The summed E-state index contributed by atoms with van der Waals surface area (Å²) in [5.74, 6) is 0.594. The molecule has 2 rings (SSSR count). The number of hydrogen-bond donors (Lipinski definition) is 1. The van der Waals surface area contributed by atoms with Crippen LogP contribution in [0.25, 0.3) is 0 Å². The van der Waals surface area contributed by atoms with Crippen LogP contribution in [-0.4, -0.2) is 19.6 Å². The number of rotatable bonds is 2. The molecule has 1 heterocycles. The van der Waals surface area contributed by atoms with Crippen LogP contribution in [0.2, 0.25) is 0 Å². The van der Waals surface area contributed by atoms with E-state index in [0.717, 1.165) is 19.6 Å². The Hall–Kier alpha value is -1.02. The summed E-state index contributed by atoms with van der Waals surface area (Å²) in [6.45, 7) is 9.86. The Kier molecular flexibility index (Phi) is 3.43. The van der Waals surface area contributed by atoms with Gasteiger partial charge in [-0.15, -0.1) is 0 Å². The van der Waals surface area contributed by atoms with Crippen molar-refractivity contribution in [1.82, 2.24) is 0 Å². The Bertz CT molecular complexity index is 384. The van der Waals surface area contributed by atoms with E-state index in [1.54, 1.807) is 0 Å². The summed E-state index contributed by atoms with van der Waals surface area (Å²) >= 11 is 0. The molecule has 2 heteroatoms. The third kappa shape index (κ3) is 2.63. The van der Waals surface area contributed by atoms with Gasteiger partial charge in [-0.1, -0.05) is 26.0 Å². The van der Waals surface area contributed by atoms with Gasteiger partial charge in [0, 0.05) is 18.8 Å². The van der Waals surface area contributed by atoms with Crippen molar-refractivity contribution in [2.75, 3.05) is 24.5 Å². The molecular weight excluding hydrogens is 208 g/mol. The first-order valence-electron chi connectivity index (χ1n) is 6.54. The molecule has 94 valence electrons. The van der Waals surface area contributed by atoms with E-state index in [1.165, 1.54) is 17.7 Å². The first-order valence-corrected chi connectivity index (χ1v) is 6.54. The van der Waals surface area contributed by atoms with Gasteiger partial charge < -0.3 is 10.6 Å². The third-order valence-electron chi connectivity index (χ3n) is 4.22. The highest BCUT2D eigenvalue weighted by Gasteiger charge is 2.34. The predicted molar refractivity (Wildman–Crippen MR) is 74.3 cm³/mol. The summed E-state index contributed by atoms with van der Waals surface area (Å²) in [4.78, 5) is 2.48. The van der Waals surface area contributed by atoms with E-state index in [2.05, 4.69) is 49.9 Å². The van der Waals surface area contributed by atoms with Crippen LogP contribution in [0.15, 0.2) is 24.3 Å². The molecule has 2 N–H and O–H groups in total. The molecule has 0 spiro atoms. The number of nitrogens with zero attached hydrogens (tertiary/aromatic N) is 1. The van der Waals surface area contributed by atoms with Gasteiger partial charge in [0.15, 0.2) is 0 Å². The van der Waals surface area contributed by atoms with E-state index in [9.17, 15) is 0 Å². The number of anilines is 1. The highest BCUT2D eigenvalue weighted by molar-refractivity contribution is 5.49. The molecule has 0 aliphatic carbocycles. The second-order valence-corrected chi connectivity index (χ2v) is 5.96. The van der Waals surface area contributed by atoms with Crippen molar-refractivity contribution in [3.8, 4) is 0 Å². The summed E-state index contributed by atoms with van der Waals surface area (Å²) in [7, 11) is 0. The summed E-state index contributed by atoms with van der Waals surface area (Å²) in [6.07, 6.45) is 1.23. The average Bonchev–Trinajstić information content (AvgIpc) is 2.28. The predicted octanol–water partition coefficient (Wildman–Crippen LogP) is 2.81. The molecule has 1 atom stereocenters. The average molecular weight is 232 g/mol. The van der Waals surface area contributed by atoms with Crippen LogP contribution in [0.5, 0.6) is 0 Å². The summed E-state index contributed by atoms with van der Waals surface area (Å²) in [6, 6.07) is 8.77. The Morgan fingerprint density at radius 1 is 1.41 bits per heavy atom. The first kappa shape index (κ1) is 12.4. The van der Waals surface area contributed by atoms with Crippen LogP contribution in [0, 0.1) is 18.3 Å². The molecule has 2 nitrogen and oxygen atoms in total. The largest absolute Gasteiger partial charge is 0.371 e. The maximum absolute atomic E-state index is 5.92. The first-order chi connectivity index (χ1) is 8.03. The fraction of sp³-hybridized carbons (Fsp3) is 0.600. The molecule has 1 aliphatic rings. The van der Waals surface area contributed by atoms with Crippen molar-refractivity contribution in [3.63, 3.8) is 0 Å². The lowest BCUT2D eigenvalue weighted by Gasteiger charge is -2.44. The minimum absolute atomic E-state index is 0.384. The van der Waals surface area contributed by atoms with Crippen molar-refractivity contribution >= 4 is 5.69 Å². The van der Waals surface area contributed by atoms with E-state index in [-0.39, 0.29) is 0 Å². The number of nitrogens with two attached hydrogens (primary N) is 1. The van der Waals surface area contributed by atoms with Crippen LogP contribution in [-0.2, 0) is 0 Å². The van der Waals surface area contributed by atoms with E-state index in [4.69, 9.17) is 5.73 Å². The molecular formula is C15H24N2. The van der Waals surface area contributed by atoms with Gasteiger partial charge in [-0.2, -0.15) is 0 Å². The van der Waals surface area contributed by atoms with E-state index >= 15 is 0 Å². The lowest BCUT2D eigenvalue weighted by atomic mass is 9.73. The molecule has 0 saturated carbocycles. The standard InChI is InChI=1S/C15H24N2/c1-12-5-4-6-14(9-12)17-8-7-15(2,3)13(10-16)11-17/h4-6,9,13H,7-8,10-11,16H2,1-3H3. The molecule has 17 heavy (non-hydrogen) atoms. The van der Waals surface area contributed by atoms with E-state index in [1.807, 2.05) is 0 Å². The van der Waals surface area contributed by atoms with Crippen molar-refractivity contribution < 1.29 is 0 Å². The van der Waals surface area contributed by atoms with Gasteiger partial charge in [0.25, 0.3) is 0 Å². The lowest BCUT2D eigenvalue weighted by Crippen LogP contribution is -2.47. The van der Waals surface area contributed by atoms with Crippen molar-refractivity contribution in [2.24, 2.45) is 17.1 Å². The van der Waals surface area contributed by atoms with Gasteiger partial charge >= 0.3 is 0 Å². The minimum Gasteiger partial charge on any atom is -0.371 e. The lowest BCUT2D eigenvalue weighted by molar-refractivity contribution is 0.177. The Balaban J connectivity index is 2.15. The van der Waals surface area contributed by atoms with Gasteiger partial charge in [-0.3, -0.25) is 0 Å². The zero-order valence-electron chi connectivity index (χ0n) is 11.2. The smallest absolute Gasteiger partial charge is 0.0368 e. The van der Waals surface area contributed by atoms with Crippen molar-refractivity contribution in [1.29, 1.82) is 0 Å². The summed E-state index contributed by atoms with van der Waals surface area (Å²) in [5, 5.41) is 0. The second-order valence-electron chi connectivity index (χ2n) is 5.96. The van der Waals surface area contributed by atoms with Crippen LogP contribution < -0.4 is 10.6 Å². The normalized spacial score (nSPS) is 23.8.